The van der Waals surface area contributed by atoms with Crippen LogP contribution in [0.5, 0.6) is 0 Å². The minimum atomic E-state index is -3.66. The van der Waals surface area contributed by atoms with Gasteiger partial charge >= 0.3 is 0 Å². The quantitative estimate of drug-likeness (QED) is 0.822. The second kappa shape index (κ2) is 5.40. The molecule has 0 fully saturated rings. The van der Waals surface area contributed by atoms with E-state index in [2.05, 4.69) is 20.7 Å². The molecule has 4 nitrogen and oxygen atoms in total. The van der Waals surface area contributed by atoms with Gasteiger partial charge in [-0.3, -0.25) is 4.72 Å². The molecular weight excluding hydrogens is 352 g/mol. The molecule has 2 aromatic carbocycles. The van der Waals surface area contributed by atoms with Gasteiger partial charge in [-0.1, -0.05) is 11.6 Å². The van der Waals surface area contributed by atoms with Crippen molar-refractivity contribution in [2.24, 2.45) is 0 Å². The number of nitrogens with two attached hydrogens (primary N) is 1. The fourth-order valence-electron chi connectivity index (χ4n) is 1.43. The summed E-state index contributed by atoms with van der Waals surface area (Å²) in [7, 11) is -3.66. The molecule has 0 radical (unpaired) electrons. The molecule has 7 heteroatoms. The Balaban J connectivity index is 2.36. The number of nitrogen functional groups attached to an aromatic ring is 1. The van der Waals surface area contributed by atoms with Crippen molar-refractivity contribution in [2.45, 2.75) is 4.90 Å². The minimum absolute atomic E-state index is 0.133. The Labute approximate surface area is 124 Å². The molecule has 0 saturated carbocycles. The summed E-state index contributed by atoms with van der Waals surface area (Å²) in [6.45, 7) is 0. The molecule has 0 spiro atoms. The van der Waals surface area contributed by atoms with Crippen molar-refractivity contribution in [1.29, 1.82) is 0 Å². The fraction of sp³-hybridized carbons (Fsp3) is 0. The van der Waals surface area contributed by atoms with Crippen LogP contribution in [0.4, 0.5) is 11.4 Å². The second-order valence-electron chi connectivity index (χ2n) is 3.80. The third-order valence-electron chi connectivity index (χ3n) is 2.36. The molecule has 0 atom stereocenters. The van der Waals surface area contributed by atoms with Gasteiger partial charge in [0.1, 0.15) is 0 Å². The molecule has 2 aromatic rings. The predicted molar refractivity (Wildman–Crippen MR) is 80.8 cm³/mol. The molecule has 0 aliphatic heterocycles. The first kappa shape index (κ1) is 14.2. The lowest BCUT2D eigenvalue weighted by atomic mass is 10.3. The number of sulfonamides is 1. The third kappa shape index (κ3) is 3.40. The van der Waals surface area contributed by atoms with Crippen LogP contribution in [0.1, 0.15) is 0 Å². The van der Waals surface area contributed by atoms with E-state index in [1.165, 1.54) is 30.3 Å². The van der Waals surface area contributed by atoms with E-state index in [-0.39, 0.29) is 4.90 Å². The summed E-state index contributed by atoms with van der Waals surface area (Å²) in [5.74, 6) is 0. The van der Waals surface area contributed by atoms with Crippen molar-refractivity contribution in [3.05, 3.63) is 52.0 Å². The Morgan fingerprint density at radius 2 is 1.74 bits per heavy atom. The molecule has 0 amide bonds. The van der Waals surface area contributed by atoms with Crippen molar-refractivity contribution >= 4 is 48.9 Å². The van der Waals surface area contributed by atoms with E-state index in [4.69, 9.17) is 17.3 Å². The fourth-order valence-corrected chi connectivity index (χ4v) is 3.15. The third-order valence-corrected chi connectivity index (χ3v) is 4.67. The second-order valence-corrected chi connectivity index (χ2v) is 6.77. The van der Waals surface area contributed by atoms with Crippen LogP contribution in [0.3, 0.4) is 0 Å². The van der Waals surface area contributed by atoms with Gasteiger partial charge in [0.2, 0.25) is 0 Å². The van der Waals surface area contributed by atoms with E-state index >= 15 is 0 Å². The van der Waals surface area contributed by atoms with Crippen LogP contribution in [0.2, 0.25) is 5.02 Å². The van der Waals surface area contributed by atoms with Gasteiger partial charge in [-0.2, -0.15) is 0 Å². The van der Waals surface area contributed by atoms with Gasteiger partial charge in [0.15, 0.2) is 0 Å². The van der Waals surface area contributed by atoms with Gasteiger partial charge in [0.25, 0.3) is 10.0 Å². The molecule has 100 valence electrons. The Morgan fingerprint density at radius 1 is 1.11 bits per heavy atom. The largest absolute Gasteiger partial charge is 0.399 e. The number of hydrogen-bond donors (Lipinski definition) is 2. The van der Waals surface area contributed by atoms with E-state index in [1.54, 1.807) is 12.1 Å². The molecule has 2 rings (SSSR count). The van der Waals surface area contributed by atoms with Gasteiger partial charge in [0.05, 0.1) is 10.6 Å². The molecule has 19 heavy (non-hydrogen) atoms. The van der Waals surface area contributed by atoms with Crippen LogP contribution >= 0.6 is 27.5 Å². The van der Waals surface area contributed by atoms with E-state index in [0.29, 0.717) is 20.9 Å². The maximum absolute atomic E-state index is 12.2. The van der Waals surface area contributed by atoms with Crippen molar-refractivity contribution in [3.8, 4) is 0 Å². The lowest BCUT2D eigenvalue weighted by molar-refractivity contribution is 0.601. The van der Waals surface area contributed by atoms with Crippen molar-refractivity contribution in [1.82, 2.24) is 0 Å². The first-order valence-corrected chi connectivity index (χ1v) is 7.87. The van der Waals surface area contributed by atoms with Crippen LogP contribution in [0.25, 0.3) is 0 Å². The number of halogens is 2. The molecule has 0 aliphatic carbocycles. The maximum atomic E-state index is 12.2. The summed E-state index contributed by atoms with van der Waals surface area (Å²) in [5.41, 5.74) is 6.41. The van der Waals surface area contributed by atoms with Crippen LogP contribution in [-0.4, -0.2) is 8.42 Å². The molecule has 0 unspecified atom stereocenters. The highest BCUT2D eigenvalue weighted by Gasteiger charge is 2.15. The normalized spacial score (nSPS) is 11.3. The molecule has 0 aromatic heterocycles. The highest BCUT2D eigenvalue weighted by Crippen LogP contribution is 2.28. The van der Waals surface area contributed by atoms with Crippen molar-refractivity contribution in [3.63, 3.8) is 0 Å². The van der Waals surface area contributed by atoms with Crippen LogP contribution in [-0.2, 0) is 10.0 Å². The molecule has 0 saturated heterocycles. The highest BCUT2D eigenvalue weighted by molar-refractivity contribution is 9.10. The zero-order valence-corrected chi connectivity index (χ0v) is 12.8. The van der Waals surface area contributed by atoms with E-state index < -0.39 is 10.0 Å². The Kier molecular flexibility index (Phi) is 4.03. The molecule has 0 heterocycles. The predicted octanol–water partition coefficient (Wildman–Crippen LogP) is 3.49. The highest BCUT2D eigenvalue weighted by atomic mass is 79.9. The van der Waals surface area contributed by atoms with Crippen LogP contribution in [0.15, 0.2) is 51.8 Å². The zero-order chi connectivity index (χ0) is 14.0. The topological polar surface area (TPSA) is 72.2 Å². The lowest BCUT2D eigenvalue weighted by Crippen LogP contribution is -2.13. The molecular formula is C12H10BrClN2O2S. The van der Waals surface area contributed by atoms with E-state index in [0.717, 1.165) is 0 Å². The van der Waals surface area contributed by atoms with Gasteiger partial charge in [0, 0.05) is 15.2 Å². The first-order chi connectivity index (χ1) is 8.88. The standard InChI is InChI=1S/C12H10BrClN2O2S/c13-11-6-1-8(14)7-12(11)16-19(17,18)10-4-2-9(15)3-5-10/h1-7,16H,15H2. The molecule has 3 N–H and O–H groups in total. The van der Waals surface area contributed by atoms with E-state index in [9.17, 15) is 8.42 Å². The number of hydrogen-bond acceptors (Lipinski definition) is 3. The summed E-state index contributed by atoms with van der Waals surface area (Å²) in [6.07, 6.45) is 0. The Hall–Kier alpha value is -1.24. The van der Waals surface area contributed by atoms with Crippen molar-refractivity contribution in [2.75, 3.05) is 10.5 Å². The summed E-state index contributed by atoms with van der Waals surface area (Å²) in [5, 5.41) is 0.443. The maximum Gasteiger partial charge on any atom is 0.261 e. The number of nitrogens with one attached hydrogen (secondary N) is 1. The number of anilines is 2. The van der Waals surface area contributed by atoms with Crippen molar-refractivity contribution < 1.29 is 8.42 Å². The van der Waals surface area contributed by atoms with Gasteiger partial charge in [-0.05, 0) is 58.4 Å². The van der Waals surface area contributed by atoms with E-state index in [1.807, 2.05) is 0 Å². The summed E-state index contributed by atoms with van der Waals surface area (Å²) in [4.78, 5) is 0.133. The average Bonchev–Trinajstić information content (AvgIpc) is 2.34. The monoisotopic (exact) mass is 360 g/mol. The van der Waals surface area contributed by atoms with Gasteiger partial charge in [-0.25, -0.2) is 8.42 Å². The molecule has 0 bridgehead atoms. The van der Waals surface area contributed by atoms with Crippen LogP contribution in [0, 0.1) is 0 Å². The lowest BCUT2D eigenvalue weighted by Gasteiger charge is -2.10. The van der Waals surface area contributed by atoms with Gasteiger partial charge in [-0.15, -0.1) is 0 Å². The number of benzene rings is 2. The van der Waals surface area contributed by atoms with Crippen LogP contribution < -0.4 is 10.5 Å². The number of rotatable bonds is 3. The Bertz CT molecular complexity index is 702. The minimum Gasteiger partial charge on any atom is -0.399 e. The SMILES string of the molecule is Nc1ccc(S(=O)(=O)Nc2cc(Cl)ccc2Br)cc1. The summed E-state index contributed by atoms with van der Waals surface area (Å²) >= 11 is 9.10. The smallest absolute Gasteiger partial charge is 0.261 e. The zero-order valence-electron chi connectivity index (χ0n) is 9.60. The van der Waals surface area contributed by atoms with Gasteiger partial charge < -0.3 is 5.73 Å². The average molecular weight is 362 g/mol. The Morgan fingerprint density at radius 3 is 2.37 bits per heavy atom. The first-order valence-electron chi connectivity index (χ1n) is 5.22. The molecule has 0 aliphatic rings. The summed E-state index contributed by atoms with van der Waals surface area (Å²) < 4.78 is 27.4. The summed E-state index contributed by atoms with van der Waals surface area (Å²) in [6, 6.07) is 10.8.